The third-order valence-corrected chi connectivity index (χ3v) is 3.15. The van der Waals surface area contributed by atoms with E-state index >= 15 is 0 Å². The van der Waals surface area contributed by atoms with Crippen molar-refractivity contribution in [1.29, 1.82) is 0 Å². The fourth-order valence-corrected chi connectivity index (χ4v) is 2.50. The molecular formula is C14H21NO2. The van der Waals surface area contributed by atoms with Gasteiger partial charge in [-0.1, -0.05) is 18.2 Å². The molecule has 1 aromatic carbocycles. The molecule has 3 heteroatoms. The van der Waals surface area contributed by atoms with Crippen molar-refractivity contribution in [3.8, 4) is 0 Å². The van der Waals surface area contributed by atoms with Crippen molar-refractivity contribution in [3.05, 3.63) is 29.8 Å². The second-order valence-corrected chi connectivity index (χ2v) is 4.90. The molecule has 3 unspecified atom stereocenters. The molecule has 0 amide bonds. The summed E-state index contributed by atoms with van der Waals surface area (Å²) in [5, 5.41) is 9.81. The van der Waals surface area contributed by atoms with Gasteiger partial charge in [-0.25, -0.2) is 0 Å². The lowest BCUT2D eigenvalue weighted by Crippen LogP contribution is -2.45. The van der Waals surface area contributed by atoms with Gasteiger partial charge in [0.05, 0.1) is 18.3 Å². The highest BCUT2D eigenvalue weighted by Crippen LogP contribution is 2.28. The van der Waals surface area contributed by atoms with Crippen LogP contribution in [0, 0.1) is 0 Å². The van der Waals surface area contributed by atoms with Crippen LogP contribution >= 0.6 is 0 Å². The first kappa shape index (κ1) is 12.4. The lowest BCUT2D eigenvalue weighted by molar-refractivity contribution is -0.00538. The highest BCUT2D eigenvalue weighted by molar-refractivity contribution is 5.55. The number of nitrogens with zero attached hydrogens (tertiary/aromatic N) is 1. The smallest absolute Gasteiger partial charge is 0.0781 e. The first-order valence-corrected chi connectivity index (χ1v) is 6.25. The Morgan fingerprint density at radius 2 is 1.82 bits per heavy atom. The standard InChI is InChI=1S/C14H21NO2/c1-10-8-15(9-11(2)17-10)14-7-5-4-6-13(14)12(3)16/h4-7,10-12,16H,8-9H2,1-3H3. The molecule has 2 rings (SSSR count). The van der Waals surface area contributed by atoms with Crippen molar-refractivity contribution in [3.63, 3.8) is 0 Å². The van der Waals surface area contributed by atoms with E-state index in [0.717, 1.165) is 24.3 Å². The molecule has 3 atom stereocenters. The molecule has 0 bridgehead atoms. The Labute approximate surface area is 103 Å². The molecule has 1 saturated heterocycles. The lowest BCUT2D eigenvalue weighted by atomic mass is 10.1. The summed E-state index contributed by atoms with van der Waals surface area (Å²) in [6, 6.07) is 8.06. The van der Waals surface area contributed by atoms with Crippen LogP contribution in [0.15, 0.2) is 24.3 Å². The van der Waals surface area contributed by atoms with Gasteiger partial charge in [0.15, 0.2) is 0 Å². The second-order valence-electron chi connectivity index (χ2n) is 4.90. The van der Waals surface area contributed by atoms with E-state index in [1.807, 2.05) is 25.1 Å². The van der Waals surface area contributed by atoms with Crippen LogP contribution in [0.5, 0.6) is 0 Å². The van der Waals surface area contributed by atoms with E-state index in [0.29, 0.717) is 0 Å². The van der Waals surface area contributed by atoms with Crippen LogP contribution in [0.2, 0.25) is 0 Å². The number of ether oxygens (including phenoxy) is 1. The monoisotopic (exact) mass is 235 g/mol. The van der Waals surface area contributed by atoms with Gasteiger partial charge in [0, 0.05) is 24.3 Å². The Morgan fingerprint density at radius 1 is 1.24 bits per heavy atom. The van der Waals surface area contributed by atoms with Crippen molar-refractivity contribution >= 4 is 5.69 Å². The van der Waals surface area contributed by atoms with Gasteiger partial charge in [-0.15, -0.1) is 0 Å². The summed E-state index contributed by atoms with van der Waals surface area (Å²) in [4.78, 5) is 2.31. The van der Waals surface area contributed by atoms with Crippen molar-refractivity contribution < 1.29 is 9.84 Å². The Morgan fingerprint density at radius 3 is 2.41 bits per heavy atom. The number of aliphatic hydroxyl groups excluding tert-OH is 1. The fourth-order valence-electron chi connectivity index (χ4n) is 2.50. The maximum atomic E-state index is 9.81. The van der Waals surface area contributed by atoms with Crippen LogP contribution in [0.4, 0.5) is 5.69 Å². The molecule has 1 aliphatic heterocycles. The first-order chi connectivity index (χ1) is 8.08. The third kappa shape index (κ3) is 2.79. The number of aliphatic hydroxyl groups is 1. The molecule has 1 aromatic rings. The molecule has 0 spiro atoms. The van der Waals surface area contributed by atoms with E-state index in [2.05, 4.69) is 24.8 Å². The van der Waals surface area contributed by atoms with Crippen LogP contribution in [-0.4, -0.2) is 30.4 Å². The predicted octanol–water partition coefficient (Wildman–Crippen LogP) is 2.35. The van der Waals surface area contributed by atoms with Crippen LogP contribution in [0.3, 0.4) is 0 Å². The molecule has 94 valence electrons. The number of anilines is 1. The Hall–Kier alpha value is -1.06. The summed E-state index contributed by atoms with van der Waals surface area (Å²) >= 11 is 0. The summed E-state index contributed by atoms with van der Waals surface area (Å²) in [7, 11) is 0. The topological polar surface area (TPSA) is 32.7 Å². The number of rotatable bonds is 2. The van der Waals surface area contributed by atoms with E-state index in [9.17, 15) is 5.11 Å². The molecule has 0 aromatic heterocycles. The molecule has 1 fully saturated rings. The van der Waals surface area contributed by atoms with Crippen LogP contribution < -0.4 is 4.90 Å². The number of hydrogen-bond acceptors (Lipinski definition) is 3. The molecule has 0 aliphatic carbocycles. The fraction of sp³-hybridized carbons (Fsp3) is 0.571. The number of para-hydroxylation sites is 1. The van der Waals surface area contributed by atoms with Crippen LogP contribution in [0.1, 0.15) is 32.4 Å². The van der Waals surface area contributed by atoms with Gasteiger partial charge in [0.2, 0.25) is 0 Å². The Balaban J connectivity index is 2.27. The second kappa shape index (κ2) is 5.07. The van der Waals surface area contributed by atoms with E-state index < -0.39 is 6.10 Å². The Bertz CT molecular complexity index is 368. The number of benzene rings is 1. The van der Waals surface area contributed by atoms with Crippen molar-refractivity contribution in [2.75, 3.05) is 18.0 Å². The van der Waals surface area contributed by atoms with Crippen LogP contribution in [-0.2, 0) is 4.74 Å². The third-order valence-electron chi connectivity index (χ3n) is 3.15. The van der Waals surface area contributed by atoms with Crippen molar-refractivity contribution in [2.24, 2.45) is 0 Å². The van der Waals surface area contributed by atoms with Crippen LogP contribution in [0.25, 0.3) is 0 Å². The van der Waals surface area contributed by atoms with E-state index in [-0.39, 0.29) is 12.2 Å². The normalized spacial score (nSPS) is 26.9. The lowest BCUT2D eigenvalue weighted by Gasteiger charge is -2.38. The molecule has 3 nitrogen and oxygen atoms in total. The minimum absolute atomic E-state index is 0.237. The van der Waals surface area contributed by atoms with Gasteiger partial charge in [0.1, 0.15) is 0 Å². The summed E-state index contributed by atoms with van der Waals surface area (Å²) in [6.45, 7) is 7.76. The first-order valence-electron chi connectivity index (χ1n) is 6.25. The van der Waals surface area contributed by atoms with E-state index in [1.165, 1.54) is 0 Å². The van der Waals surface area contributed by atoms with E-state index in [1.54, 1.807) is 0 Å². The average molecular weight is 235 g/mol. The highest BCUT2D eigenvalue weighted by Gasteiger charge is 2.24. The predicted molar refractivity (Wildman–Crippen MR) is 69.3 cm³/mol. The molecule has 1 heterocycles. The minimum atomic E-state index is -0.431. The zero-order valence-corrected chi connectivity index (χ0v) is 10.8. The largest absolute Gasteiger partial charge is 0.389 e. The molecule has 17 heavy (non-hydrogen) atoms. The van der Waals surface area contributed by atoms with Gasteiger partial charge in [0.25, 0.3) is 0 Å². The summed E-state index contributed by atoms with van der Waals surface area (Å²) in [5.74, 6) is 0. The minimum Gasteiger partial charge on any atom is -0.389 e. The van der Waals surface area contributed by atoms with Crippen molar-refractivity contribution in [2.45, 2.75) is 39.1 Å². The van der Waals surface area contributed by atoms with Crippen molar-refractivity contribution in [1.82, 2.24) is 0 Å². The number of hydrogen-bond donors (Lipinski definition) is 1. The molecular weight excluding hydrogens is 214 g/mol. The van der Waals surface area contributed by atoms with Gasteiger partial charge >= 0.3 is 0 Å². The average Bonchev–Trinajstić information content (AvgIpc) is 2.27. The molecule has 1 N–H and O–H groups in total. The highest BCUT2D eigenvalue weighted by atomic mass is 16.5. The zero-order valence-electron chi connectivity index (χ0n) is 10.8. The quantitative estimate of drug-likeness (QED) is 0.854. The maximum absolute atomic E-state index is 9.81. The molecule has 0 radical (unpaired) electrons. The summed E-state index contributed by atoms with van der Waals surface area (Å²) in [5.41, 5.74) is 2.12. The summed E-state index contributed by atoms with van der Waals surface area (Å²) < 4.78 is 5.73. The summed E-state index contributed by atoms with van der Waals surface area (Å²) in [6.07, 6.45) is 0.0428. The molecule has 0 saturated carbocycles. The zero-order chi connectivity index (χ0) is 12.4. The number of morpholine rings is 1. The maximum Gasteiger partial charge on any atom is 0.0781 e. The van der Waals surface area contributed by atoms with Gasteiger partial charge in [-0.05, 0) is 26.8 Å². The Kier molecular flexibility index (Phi) is 3.69. The van der Waals surface area contributed by atoms with Gasteiger partial charge in [-0.2, -0.15) is 0 Å². The van der Waals surface area contributed by atoms with Gasteiger partial charge in [-0.3, -0.25) is 0 Å². The van der Waals surface area contributed by atoms with Gasteiger partial charge < -0.3 is 14.7 Å². The molecule has 1 aliphatic rings. The van der Waals surface area contributed by atoms with E-state index in [4.69, 9.17) is 4.74 Å². The SMILES string of the molecule is CC1CN(c2ccccc2C(C)O)CC(C)O1.